The second kappa shape index (κ2) is 8.60. The van der Waals surface area contributed by atoms with Crippen molar-refractivity contribution in [2.45, 2.75) is 33.6 Å². The lowest BCUT2D eigenvalue weighted by Gasteiger charge is -2.32. The van der Waals surface area contributed by atoms with E-state index < -0.39 is 0 Å². The fourth-order valence-corrected chi connectivity index (χ4v) is 4.74. The van der Waals surface area contributed by atoms with Crippen molar-refractivity contribution in [2.24, 2.45) is 11.8 Å². The molecule has 3 heterocycles. The van der Waals surface area contributed by atoms with Crippen LogP contribution in [-0.4, -0.2) is 35.5 Å². The van der Waals surface area contributed by atoms with Crippen molar-refractivity contribution >= 4 is 33.4 Å². The van der Waals surface area contributed by atoms with Gasteiger partial charge in [0.25, 0.3) is 5.56 Å². The van der Waals surface area contributed by atoms with E-state index in [0.29, 0.717) is 29.7 Å². The number of aromatic nitrogens is 2. The molecule has 1 atom stereocenters. The van der Waals surface area contributed by atoms with Gasteiger partial charge in [-0.3, -0.25) is 14.6 Å². The van der Waals surface area contributed by atoms with Crippen LogP contribution < -0.4 is 15.8 Å². The van der Waals surface area contributed by atoms with Crippen LogP contribution in [0.25, 0.3) is 21.3 Å². The Labute approximate surface area is 180 Å². The number of nitrogens with zero attached hydrogens (tertiary/aromatic N) is 2. The van der Waals surface area contributed by atoms with E-state index >= 15 is 0 Å². The molecular formula is C23H28N4O2S. The van der Waals surface area contributed by atoms with Crippen LogP contribution in [0.2, 0.25) is 0 Å². The average molecular weight is 425 g/mol. The average Bonchev–Trinajstić information content (AvgIpc) is 3.17. The number of benzene rings is 1. The van der Waals surface area contributed by atoms with Gasteiger partial charge in [-0.05, 0) is 31.2 Å². The predicted octanol–water partition coefficient (Wildman–Crippen LogP) is 3.95. The maximum Gasteiger partial charge on any atom is 0.270 e. The molecular weight excluding hydrogens is 396 g/mol. The Kier molecular flexibility index (Phi) is 5.90. The molecule has 1 aliphatic heterocycles. The fourth-order valence-electron chi connectivity index (χ4n) is 3.84. The summed E-state index contributed by atoms with van der Waals surface area (Å²) in [5, 5.41) is 5.04. The summed E-state index contributed by atoms with van der Waals surface area (Å²) in [5.41, 5.74) is 3.84. The highest BCUT2D eigenvalue weighted by atomic mass is 32.1. The number of aryl methyl sites for hydroxylation is 1. The normalized spacial score (nSPS) is 16.9. The highest BCUT2D eigenvalue weighted by Gasteiger charge is 2.27. The van der Waals surface area contributed by atoms with E-state index in [4.69, 9.17) is 4.98 Å². The number of nitrogens with one attached hydrogen (secondary N) is 2. The standard InChI is InChI=1S/C23H28N4O2S/c1-14(2)11-24-21(28)17-5-4-10-27(12-17)23-25-19-18(13-30-20(19)22(29)26-23)16-8-6-15(3)7-9-16/h6-9,13-14,17H,4-5,10-12H2,1-3H3,(H,24,28)(H,25,26,29). The molecule has 158 valence electrons. The highest BCUT2D eigenvalue weighted by Crippen LogP contribution is 2.32. The lowest BCUT2D eigenvalue weighted by Crippen LogP contribution is -2.44. The number of hydrogen-bond acceptors (Lipinski definition) is 5. The molecule has 0 aliphatic carbocycles. The number of piperidine rings is 1. The number of carbonyl (C=O) groups is 1. The Balaban J connectivity index is 1.62. The van der Waals surface area contributed by atoms with Crippen molar-refractivity contribution in [2.75, 3.05) is 24.5 Å². The van der Waals surface area contributed by atoms with Crippen LogP contribution in [-0.2, 0) is 4.79 Å². The van der Waals surface area contributed by atoms with Gasteiger partial charge in [0.15, 0.2) is 0 Å². The molecule has 0 bridgehead atoms. The van der Waals surface area contributed by atoms with Crippen molar-refractivity contribution in [1.29, 1.82) is 0 Å². The van der Waals surface area contributed by atoms with Crippen LogP contribution in [0.5, 0.6) is 0 Å². The number of anilines is 1. The first-order valence-electron chi connectivity index (χ1n) is 10.5. The third-order valence-corrected chi connectivity index (χ3v) is 6.52. The topological polar surface area (TPSA) is 78.1 Å². The quantitative estimate of drug-likeness (QED) is 0.650. The lowest BCUT2D eigenvalue weighted by atomic mass is 9.97. The number of thiophene rings is 1. The molecule has 7 heteroatoms. The van der Waals surface area contributed by atoms with Gasteiger partial charge in [0.05, 0.1) is 11.4 Å². The third kappa shape index (κ3) is 4.26. The molecule has 0 saturated carbocycles. The summed E-state index contributed by atoms with van der Waals surface area (Å²) in [6.07, 6.45) is 1.76. The molecule has 6 nitrogen and oxygen atoms in total. The molecule has 4 rings (SSSR count). The largest absolute Gasteiger partial charge is 0.356 e. The van der Waals surface area contributed by atoms with Gasteiger partial charge in [-0.15, -0.1) is 11.3 Å². The van der Waals surface area contributed by atoms with Crippen LogP contribution in [0.4, 0.5) is 5.95 Å². The van der Waals surface area contributed by atoms with Crippen molar-refractivity contribution in [3.05, 3.63) is 45.6 Å². The molecule has 3 aromatic rings. The molecule has 2 N–H and O–H groups in total. The molecule has 1 unspecified atom stereocenters. The van der Waals surface area contributed by atoms with Crippen LogP contribution >= 0.6 is 11.3 Å². The van der Waals surface area contributed by atoms with Crippen molar-refractivity contribution in [1.82, 2.24) is 15.3 Å². The van der Waals surface area contributed by atoms with Gasteiger partial charge in [0.2, 0.25) is 11.9 Å². The van der Waals surface area contributed by atoms with Gasteiger partial charge in [0, 0.05) is 30.6 Å². The van der Waals surface area contributed by atoms with Crippen LogP contribution in [0.15, 0.2) is 34.4 Å². The molecule has 0 spiro atoms. The van der Waals surface area contributed by atoms with Gasteiger partial charge >= 0.3 is 0 Å². The van der Waals surface area contributed by atoms with E-state index in [-0.39, 0.29) is 17.4 Å². The van der Waals surface area contributed by atoms with Crippen LogP contribution in [0, 0.1) is 18.8 Å². The number of amides is 1. The minimum absolute atomic E-state index is 0.0856. The van der Waals surface area contributed by atoms with E-state index in [0.717, 1.165) is 36.0 Å². The molecule has 2 aromatic heterocycles. The molecule has 1 aliphatic rings. The summed E-state index contributed by atoms with van der Waals surface area (Å²) in [6.45, 7) is 8.27. The van der Waals surface area contributed by atoms with E-state index in [1.807, 2.05) is 10.3 Å². The SMILES string of the molecule is Cc1ccc(-c2csc3c(=O)[nH]c(N4CCCC(C(=O)NCC(C)C)C4)nc23)cc1. The second-order valence-electron chi connectivity index (χ2n) is 8.51. The van der Waals surface area contributed by atoms with Crippen molar-refractivity contribution in [3.63, 3.8) is 0 Å². The molecule has 1 aromatic carbocycles. The molecule has 1 amide bonds. The first-order chi connectivity index (χ1) is 14.4. The van der Waals surface area contributed by atoms with Crippen LogP contribution in [0.3, 0.4) is 0 Å². The first kappa shape index (κ1) is 20.6. The Morgan fingerprint density at radius 3 is 2.83 bits per heavy atom. The Morgan fingerprint density at radius 1 is 1.33 bits per heavy atom. The van der Waals surface area contributed by atoms with E-state index in [2.05, 4.69) is 55.3 Å². The summed E-state index contributed by atoms with van der Waals surface area (Å²) < 4.78 is 0.637. The molecule has 1 fully saturated rings. The Hall–Kier alpha value is -2.67. The maximum atomic E-state index is 12.7. The van der Waals surface area contributed by atoms with Crippen molar-refractivity contribution in [3.8, 4) is 11.1 Å². The van der Waals surface area contributed by atoms with Gasteiger partial charge in [-0.2, -0.15) is 0 Å². The van der Waals surface area contributed by atoms with Gasteiger partial charge in [0.1, 0.15) is 4.70 Å². The monoisotopic (exact) mass is 424 g/mol. The van der Waals surface area contributed by atoms with E-state index in [1.54, 1.807) is 0 Å². The smallest absolute Gasteiger partial charge is 0.270 e. The summed E-state index contributed by atoms with van der Waals surface area (Å²) in [6, 6.07) is 8.26. The maximum absolute atomic E-state index is 12.7. The van der Waals surface area contributed by atoms with E-state index in [1.165, 1.54) is 16.9 Å². The summed E-state index contributed by atoms with van der Waals surface area (Å²) in [7, 11) is 0. The number of H-pyrrole nitrogens is 1. The van der Waals surface area contributed by atoms with Gasteiger partial charge in [-0.25, -0.2) is 4.98 Å². The summed E-state index contributed by atoms with van der Waals surface area (Å²) >= 11 is 1.42. The number of carbonyl (C=O) groups excluding carboxylic acids is 1. The Morgan fingerprint density at radius 2 is 2.10 bits per heavy atom. The first-order valence-corrected chi connectivity index (χ1v) is 11.4. The second-order valence-corrected chi connectivity index (χ2v) is 9.39. The number of aromatic amines is 1. The fraction of sp³-hybridized carbons (Fsp3) is 0.435. The number of hydrogen-bond donors (Lipinski definition) is 2. The van der Waals surface area contributed by atoms with E-state index in [9.17, 15) is 9.59 Å². The molecule has 0 radical (unpaired) electrons. The minimum atomic E-state index is -0.121. The van der Waals surface area contributed by atoms with Gasteiger partial charge < -0.3 is 10.2 Å². The zero-order valence-corrected chi connectivity index (χ0v) is 18.5. The zero-order chi connectivity index (χ0) is 21.3. The molecule has 1 saturated heterocycles. The number of fused-ring (bicyclic) bond motifs is 1. The molecule has 30 heavy (non-hydrogen) atoms. The predicted molar refractivity (Wildman–Crippen MR) is 123 cm³/mol. The lowest BCUT2D eigenvalue weighted by molar-refractivity contribution is -0.125. The highest BCUT2D eigenvalue weighted by molar-refractivity contribution is 7.17. The third-order valence-electron chi connectivity index (χ3n) is 5.55. The van der Waals surface area contributed by atoms with Crippen LogP contribution in [0.1, 0.15) is 32.3 Å². The van der Waals surface area contributed by atoms with Crippen molar-refractivity contribution < 1.29 is 4.79 Å². The summed E-state index contributed by atoms with van der Waals surface area (Å²) in [4.78, 5) is 35.1. The Bertz CT molecular complexity index is 1100. The minimum Gasteiger partial charge on any atom is -0.356 e. The number of rotatable bonds is 5. The summed E-state index contributed by atoms with van der Waals surface area (Å²) in [5.74, 6) is 0.985. The van der Waals surface area contributed by atoms with Gasteiger partial charge in [-0.1, -0.05) is 43.7 Å². The zero-order valence-electron chi connectivity index (χ0n) is 17.7.